The third-order valence-electron chi connectivity index (χ3n) is 4.24. The molecule has 0 aliphatic heterocycles. The first-order chi connectivity index (χ1) is 13.2. The molecular weight excluding hydrogens is 358 g/mol. The van der Waals surface area contributed by atoms with E-state index in [0.717, 1.165) is 26.8 Å². The quantitative estimate of drug-likeness (QED) is 0.508. The summed E-state index contributed by atoms with van der Waals surface area (Å²) in [7, 11) is 0. The highest BCUT2D eigenvalue weighted by molar-refractivity contribution is 7.98. The Morgan fingerprint density at radius 1 is 1.00 bits per heavy atom. The van der Waals surface area contributed by atoms with Crippen molar-refractivity contribution in [2.75, 3.05) is 11.6 Å². The molecule has 1 amide bonds. The standard InChI is InChI=1S/C21H17N3O2S/c1-27-17-11-9-15(10-12-17)20-23-24-21(26-20)22-19(25)13-16-7-4-6-14-5-2-3-8-18(14)16/h2-12H,13H2,1H3,(H,22,24,25). The highest BCUT2D eigenvalue weighted by Crippen LogP contribution is 2.24. The van der Waals surface area contributed by atoms with Crippen LogP contribution in [0, 0.1) is 0 Å². The fourth-order valence-electron chi connectivity index (χ4n) is 2.91. The Morgan fingerprint density at radius 3 is 2.59 bits per heavy atom. The number of benzene rings is 3. The number of hydrogen-bond acceptors (Lipinski definition) is 5. The molecule has 0 aliphatic rings. The van der Waals surface area contributed by atoms with E-state index in [9.17, 15) is 4.79 Å². The number of carbonyl (C=O) groups is 1. The Kier molecular flexibility index (Phi) is 4.89. The normalized spacial score (nSPS) is 10.9. The molecule has 1 heterocycles. The van der Waals surface area contributed by atoms with Crippen molar-refractivity contribution < 1.29 is 9.21 Å². The monoisotopic (exact) mass is 375 g/mol. The predicted octanol–water partition coefficient (Wildman–Crippen LogP) is 4.79. The van der Waals surface area contributed by atoms with E-state index in [1.165, 1.54) is 0 Å². The van der Waals surface area contributed by atoms with E-state index < -0.39 is 0 Å². The van der Waals surface area contributed by atoms with Crippen molar-refractivity contribution in [1.82, 2.24) is 10.2 Å². The van der Waals surface area contributed by atoms with Gasteiger partial charge in [0.05, 0.1) is 6.42 Å². The summed E-state index contributed by atoms with van der Waals surface area (Å²) >= 11 is 1.66. The van der Waals surface area contributed by atoms with Crippen LogP contribution >= 0.6 is 11.8 Å². The number of rotatable bonds is 5. The molecule has 0 bridgehead atoms. The van der Waals surface area contributed by atoms with Crippen molar-refractivity contribution in [2.45, 2.75) is 11.3 Å². The summed E-state index contributed by atoms with van der Waals surface area (Å²) in [4.78, 5) is 13.6. The fourth-order valence-corrected chi connectivity index (χ4v) is 3.32. The number of anilines is 1. The van der Waals surface area contributed by atoms with Gasteiger partial charge in [0.25, 0.3) is 0 Å². The molecule has 0 saturated carbocycles. The van der Waals surface area contributed by atoms with Gasteiger partial charge in [0.2, 0.25) is 11.8 Å². The molecule has 4 aromatic rings. The Balaban J connectivity index is 1.47. The predicted molar refractivity (Wildman–Crippen MR) is 108 cm³/mol. The van der Waals surface area contributed by atoms with Gasteiger partial charge in [-0.05, 0) is 46.9 Å². The van der Waals surface area contributed by atoms with Crippen LogP contribution in [-0.4, -0.2) is 22.4 Å². The smallest absolute Gasteiger partial charge is 0.322 e. The number of carbonyl (C=O) groups excluding carboxylic acids is 1. The van der Waals surface area contributed by atoms with Crippen LogP contribution in [0.25, 0.3) is 22.2 Å². The molecule has 1 aromatic heterocycles. The summed E-state index contributed by atoms with van der Waals surface area (Å²) in [6.07, 6.45) is 2.26. The van der Waals surface area contributed by atoms with Crippen molar-refractivity contribution >= 4 is 34.5 Å². The molecule has 0 spiro atoms. The van der Waals surface area contributed by atoms with Crippen LogP contribution in [0.15, 0.2) is 76.0 Å². The number of aromatic nitrogens is 2. The second-order valence-electron chi connectivity index (χ2n) is 6.00. The minimum atomic E-state index is -0.195. The molecule has 1 N–H and O–H groups in total. The second-order valence-corrected chi connectivity index (χ2v) is 6.88. The van der Waals surface area contributed by atoms with E-state index in [2.05, 4.69) is 15.5 Å². The van der Waals surface area contributed by atoms with Crippen molar-refractivity contribution in [1.29, 1.82) is 0 Å². The summed E-state index contributed by atoms with van der Waals surface area (Å²) in [5, 5.41) is 12.8. The summed E-state index contributed by atoms with van der Waals surface area (Å²) in [5.41, 5.74) is 1.77. The van der Waals surface area contributed by atoms with Crippen molar-refractivity contribution in [3.63, 3.8) is 0 Å². The molecule has 0 radical (unpaired) electrons. The van der Waals surface area contributed by atoms with Crippen molar-refractivity contribution in [3.8, 4) is 11.5 Å². The molecule has 0 atom stereocenters. The van der Waals surface area contributed by atoms with Crippen LogP contribution in [0.3, 0.4) is 0 Å². The Bertz CT molecular complexity index is 1080. The van der Waals surface area contributed by atoms with E-state index in [4.69, 9.17) is 4.42 Å². The zero-order valence-corrected chi connectivity index (χ0v) is 15.5. The zero-order chi connectivity index (χ0) is 18.6. The van der Waals surface area contributed by atoms with Crippen LogP contribution in [0.2, 0.25) is 0 Å². The van der Waals surface area contributed by atoms with Gasteiger partial charge in [0, 0.05) is 10.5 Å². The maximum atomic E-state index is 12.4. The minimum absolute atomic E-state index is 0.101. The lowest BCUT2D eigenvalue weighted by Gasteiger charge is -2.05. The molecule has 0 unspecified atom stereocenters. The van der Waals surface area contributed by atoms with E-state index in [1.807, 2.05) is 73.0 Å². The van der Waals surface area contributed by atoms with Crippen LogP contribution in [0.4, 0.5) is 6.01 Å². The molecule has 0 aliphatic carbocycles. The summed E-state index contributed by atoms with van der Waals surface area (Å²) < 4.78 is 5.58. The number of nitrogens with zero attached hydrogens (tertiary/aromatic N) is 2. The van der Waals surface area contributed by atoms with Gasteiger partial charge < -0.3 is 4.42 Å². The lowest BCUT2D eigenvalue weighted by Crippen LogP contribution is -2.14. The first-order valence-corrected chi connectivity index (χ1v) is 9.70. The SMILES string of the molecule is CSc1ccc(-c2nnc(NC(=O)Cc3cccc4ccccc34)o2)cc1. The van der Waals surface area contributed by atoms with E-state index in [1.54, 1.807) is 11.8 Å². The second kappa shape index (κ2) is 7.63. The largest absolute Gasteiger partial charge is 0.403 e. The van der Waals surface area contributed by atoms with Gasteiger partial charge in [-0.25, -0.2) is 0 Å². The van der Waals surface area contributed by atoms with E-state index in [-0.39, 0.29) is 18.3 Å². The van der Waals surface area contributed by atoms with Gasteiger partial charge in [-0.3, -0.25) is 10.1 Å². The number of hydrogen-bond donors (Lipinski definition) is 1. The summed E-state index contributed by atoms with van der Waals surface area (Å²) in [5.74, 6) is 0.183. The molecule has 5 nitrogen and oxygen atoms in total. The summed E-state index contributed by atoms with van der Waals surface area (Å²) in [6.45, 7) is 0. The molecule has 3 aromatic carbocycles. The van der Waals surface area contributed by atoms with E-state index >= 15 is 0 Å². The van der Waals surface area contributed by atoms with Gasteiger partial charge in [-0.2, -0.15) is 0 Å². The Hall–Kier alpha value is -3.12. The maximum absolute atomic E-state index is 12.4. The lowest BCUT2D eigenvalue weighted by molar-refractivity contribution is -0.115. The summed E-state index contributed by atoms with van der Waals surface area (Å²) in [6, 6.07) is 21.8. The molecule has 4 rings (SSSR count). The van der Waals surface area contributed by atoms with Crippen LogP contribution in [0.1, 0.15) is 5.56 Å². The first kappa shape index (κ1) is 17.3. The van der Waals surface area contributed by atoms with E-state index in [0.29, 0.717) is 5.89 Å². The Morgan fingerprint density at radius 2 is 1.78 bits per heavy atom. The number of amides is 1. The van der Waals surface area contributed by atoms with Crippen molar-refractivity contribution in [3.05, 3.63) is 72.3 Å². The highest BCUT2D eigenvalue weighted by Gasteiger charge is 2.13. The molecule has 0 fully saturated rings. The van der Waals surface area contributed by atoms with Crippen LogP contribution < -0.4 is 5.32 Å². The topological polar surface area (TPSA) is 68.0 Å². The van der Waals surface area contributed by atoms with Gasteiger partial charge in [-0.1, -0.05) is 47.6 Å². The number of nitrogens with one attached hydrogen (secondary N) is 1. The molecule has 134 valence electrons. The fraction of sp³-hybridized carbons (Fsp3) is 0.0952. The van der Waals surface area contributed by atoms with Gasteiger partial charge in [-0.15, -0.1) is 16.9 Å². The average Bonchev–Trinajstić information content (AvgIpc) is 3.16. The van der Waals surface area contributed by atoms with Gasteiger partial charge in [0.15, 0.2) is 0 Å². The first-order valence-electron chi connectivity index (χ1n) is 8.47. The van der Waals surface area contributed by atoms with Gasteiger partial charge >= 0.3 is 6.01 Å². The molecule has 27 heavy (non-hydrogen) atoms. The molecule has 0 saturated heterocycles. The Labute approximate surface area is 160 Å². The third-order valence-corrected chi connectivity index (χ3v) is 4.98. The van der Waals surface area contributed by atoms with Gasteiger partial charge in [0.1, 0.15) is 0 Å². The number of fused-ring (bicyclic) bond motifs is 1. The van der Waals surface area contributed by atoms with Crippen LogP contribution in [0.5, 0.6) is 0 Å². The third kappa shape index (κ3) is 3.85. The maximum Gasteiger partial charge on any atom is 0.322 e. The zero-order valence-electron chi connectivity index (χ0n) is 14.7. The minimum Gasteiger partial charge on any atom is -0.403 e. The highest BCUT2D eigenvalue weighted by atomic mass is 32.2. The molecule has 6 heteroatoms. The lowest BCUT2D eigenvalue weighted by atomic mass is 10.0. The molecular formula is C21H17N3O2S. The van der Waals surface area contributed by atoms with Crippen LogP contribution in [-0.2, 0) is 11.2 Å². The average molecular weight is 375 g/mol. The van der Waals surface area contributed by atoms with Crippen molar-refractivity contribution in [2.24, 2.45) is 0 Å². The number of thioether (sulfide) groups is 1.